The molecular weight excluding hydrogens is 309 g/mol. The number of nitrogens with zero attached hydrogens (tertiary/aromatic N) is 1. The third-order valence-corrected chi connectivity index (χ3v) is 3.51. The van der Waals surface area contributed by atoms with E-state index in [0.29, 0.717) is 0 Å². The standard InChI is InChI=1S/C8H10Cl3N2O3P/c1-4(2)15-17(12,14)16-8-6(10)3-5(9)7(11)13-8/h3-4H,1-2H3,(H2,12,14). The predicted molar refractivity (Wildman–Crippen MR) is 67.9 cm³/mol. The Morgan fingerprint density at radius 3 is 2.47 bits per heavy atom. The molecule has 0 saturated heterocycles. The highest BCUT2D eigenvalue weighted by atomic mass is 35.5. The lowest BCUT2D eigenvalue weighted by Crippen LogP contribution is -2.12. The summed E-state index contributed by atoms with van der Waals surface area (Å²) in [6, 6.07) is 1.31. The Kier molecular flexibility index (Phi) is 5.07. The van der Waals surface area contributed by atoms with Crippen molar-refractivity contribution in [1.82, 2.24) is 4.98 Å². The molecule has 2 N–H and O–H groups in total. The van der Waals surface area contributed by atoms with E-state index in [9.17, 15) is 4.57 Å². The largest absolute Gasteiger partial charge is 0.457 e. The molecule has 1 atom stereocenters. The summed E-state index contributed by atoms with van der Waals surface area (Å²) in [6.07, 6.45) is -0.368. The Hall–Kier alpha value is -0.0300. The van der Waals surface area contributed by atoms with Crippen molar-refractivity contribution in [2.45, 2.75) is 20.0 Å². The molecule has 9 heteroatoms. The molecular formula is C8H10Cl3N2O3P. The van der Waals surface area contributed by atoms with E-state index in [1.165, 1.54) is 6.07 Å². The van der Waals surface area contributed by atoms with Crippen LogP contribution in [0.3, 0.4) is 0 Å². The molecule has 0 aromatic carbocycles. The van der Waals surface area contributed by atoms with Crippen LogP contribution in [0.5, 0.6) is 5.88 Å². The molecule has 5 nitrogen and oxygen atoms in total. The second-order valence-corrected chi connectivity index (χ2v) is 5.98. The maximum Gasteiger partial charge on any atom is 0.457 e. The first kappa shape index (κ1) is 15.0. The Balaban J connectivity index is 2.96. The summed E-state index contributed by atoms with van der Waals surface area (Å²) in [6.45, 7) is 3.32. The number of rotatable bonds is 4. The van der Waals surface area contributed by atoms with E-state index in [2.05, 4.69) is 4.98 Å². The van der Waals surface area contributed by atoms with E-state index in [4.69, 9.17) is 49.4 Å². The van der Waals surface area contributed by atoms with Crippen LogP contribution in [-0.2, 0) is 9.09 Å². The van der Waals surface area contributed by atoms with Gasteiger partial charge in [0.1, 0.15) is 5.02 Å². The van der Waals surface area contributed by atoms with Gasteiger partial charge in [-0.3, -0.25) is 4.52 Å². The molecule has 0 aliphatic heterocycles. The van der Waals surface area contributed by atoms with Gasteiger partial charge < -0.3 is 4.52 Å². The third kappa shape index (κ3) is 4.62. The van der Waals surface area contributed by atoms with Crippen molar-refractivity contribution in [2.24, 2.45) is 5.50 Å². The van der Waals surface area contributed by atoms with Crippen LogP contribution in [-0.4, -0.2) is 11.1 Å². The number of hydrogen-bond donors (Lipinski definition) is 1. The zero-order valence-corrected chi connectivity index (χ0v) is 12.1. The smallest absolute Gasteiger partial charge is 0.393 e. The van der Waals surface area contributed by atoms with Crippen molar-refractivity contribution in [2.75, 3.05) is 0 Å². The van der Waals surface area contributed by atoms with Crippen LogP contribution in [0.4, 0.5) is 0 Å². The van der Waals surface area contributed by atoms with E-state index in [0.717, 1.165) is 0 Å². The van der Waals surface area contributed by atoms with Crippen molar-refractivity contribution >= 4 is 42.5 Å². The molecule has 1 heterocycles. The predicted octanol–water partition coefficient (Wildman–Crippen LogP) is 3.91. The van der Waals surface area contributed by atoms with Gasteiger partial charge in [0.25, 0.3) is 0 Å². The summed E-state index contributed by atoms with van der Waals surface area (Å²) in [5, 5.41) is 0.161. The van der Waals surface area contributed by atoms with Crippen LogP contribution in [0.1, 0.15) is 13.8 Å². The molecule has 0 aliphatic carbocycles. The van der Waals surface area contributed by atoms with E-state index in [1.807, 2.05) is 0 Å². The molecule has 0 radical (unpaired) electrons. The minimum absolute atomic E-state index is 0.0318. The second kappa shape index (κ2) is 5.74. The quantitative estimate of drug-likeness (QED) is 0.672. The minimum atomic E-state index is -3.78. The van der Waals surface area contributed by atoms with Gasteiger partial charge >= 0.3 is 7.75 Å². The summed E-state index contributed by atoms with van der Waals surface area (Å²) in [5.74, 6) is -0.187. The zero-order chi connectivity index (χ0) is 13.2. The lowest BCUT2D eigenvalue weighted by molar-refractivity contribution is 0.208. The SMILES string of the molecule is CC(C)OP(N)(=O)Oc1nc(Cl)c(Cl)cc1Cl. The maximum atomic E-state index is 11.7. The molecule has 1 aromatic heterocycles. The van der Waals surface area contributed by atoms with Crippen molar-refractivity contribution in [3.8, 4) is 5.88 Å². The monoisotopic (exact) mass is 318 g/mol. The molecule has 0 amide bonds. The zero-order valence-electron chi connectivity index (χ0n) is 8.99. The second-order valence-electron chi connectivity index (χ2n) is 3.33. The van der Waals surface area contributed by atoms with Crippen LogP contribution >= 0.6 is 42.5 Å². The highest BCUT2D eigenvalue weighted by Crippen LogP contribution is 2.44. The van der Waals surface area contributed by atoms with Crippen LogP contribution in [0.15, 0.2) is 6.07 Å². The topological polar surface area (TPSA) is 74.4 Å². The average molecular weight is 320 g/mol. The Bertz CT molecular complexity index is 470. The number of nitrogens with two attached hydrogens (primary N) is 1. The van der Waals surface area contributed by atoms with Crippen LogP contribution in [0.2, 0.25) is 15.2 Å². The lowest BCUT2D eigenvalue weighted by atomic mass is 10.5. The molecule has 96 valence electrons. The molecule has 1 unspecified atom stereocenters. The number of hydrogen-bond acceptors (Lipinski definition) is 4. The van der Waals surface area contributed by atoms with Gasteiger partial charge in [0.2, 0.25) is 5.88 Å². The van der Waals surface area contributed by atoms with Gasteiger partial charge in [0.15, 0.2) is 5.15 Å². The lowest BCUT2D eigenvalue weighted by Gasteiger charge is -2.16. The summed E-state index contributed by atoms with van der Waals surface area (Å²) < 4.78 is 21.5. The highest BCUT2D eigenvalue weighted by molar-refractivity contribution is 7.51. The van der Waals surface area contributed by atoms with Crippen LogP contribution in [0, 0.1) is 0 Å². The van der Waals surface area contributed by atoms with Crippen molar-refractivity contribution in [1.29, 1.82) is 0 Å². The van der Waals surface area contributed by atoms with Crippen LogP contribution in [0.25, 0.3) is 0 Å². The van der Waals surface area contributed by atoms with Gasteiger partial charge in [-0.05, 0) is 19.9 Å². The highest BCUT2D eigenvalue weighted by Gasteiger charge is 2.24. The van der Waals surface area contributed by atoms with Gasteiger partial charge in [0, 0.05) is 0 Å². The molecule has 0 fully saturated rings. The first-order chi connectivity index (χ1) is 7.71. The molecule has 1 aromatic rings. The molecule has 0 saturated carbocycles. The fourth-order valence-electron chi connectivity index (χ4n) is 0.928. The Morgan fingerprint density at radius 2 is 1.94 bits per heavy atom. The third-order valence-electron chi connectivity index (χ3n) is 1.43. The van der Waals surface area contributed by atoms with Crippen molar-refractivity contribution < 1.29 is 13.6 Å². The Labute approximate surface area is 114 Å². The summed E-state index contributed by atoms with van der Waals surface area (Å²) in [7, 11) is -3.78. The van der Waals surface area contributed by atoms with E-state index in [-0.39, 0.29) is 27.2 Å². The van der Waals surface area contributed by atoms with Crippen molar-refractivity contribution in [3.63, 3.8) is 0 Å². The first-order valence-corrected chi connectivity index (χ1v) is 7.24. The molecule has 0 aliphatic rings. The fourth-order valence-corrected chi connectivity index (χ4v) is 2.52. The van der Waals surface area contributed by atoms with Gasteiger partial charge in [-0.1, -0.05) is 34.8 Å². The van der Waals surface area contributed by atoms with E-state index in [1.54, 1.807) is 13.8 Å². The van der Waals surface area contributed by atoms with Crippen molar-refractivity contribution in [3.05, 3.63) is 21.3 Å². The average Bonchev–Trinajstić information content (AvgIpc) is 2.11. The Morgan fingerprint density at radius 1 is 1.35 bits per heavy atom. The molecule has 1 rings (SSSR count). The molecule has 17 heavy (non-hydrogen) atoms. The van der Waals surface area contributed by atoms with Gasteiger partial charge in [0.05, 0.1) is 11.1 Å². The number of aromatic nitrogens is 1. The van der Waals surface area contributed by atoms with E-state index < -0.39 is 7.75 Å². The number of pyridine rings is 1. The summed E-state index contributed by atoms with van der Waals surface area (Å²) >= 11 is 17.1. The van der Waals surface area contributed by atoms with Gasteiger partial charge in [-0.15, -0.1) is 0 Å². The number of halogens is 3. The van der Waals surface area contributed by atoms with Gasteiger partial charge in [-0.25, -0.2) is 10.1 Å². The normalized spacial score (nSPS) is 14.8. The fraction of sp³-hybridized carbons (Fsp3) is 0.375. The first-order valence-electron chi connectivity index (χ1n) is 4.49. The minimum Gasteiger partial charge on any atom is -0.393 e. The van der Waals surface area contributed by atoms with Crippen LogP contribution < -0.4 is 10.0 Å². The molecule has 0 spiro atoms. The summed E-state index contributed by atoms with van der Waals surface area (Å²) in [5.41, 5.74) is 5.34. The molecule has 0 bridgehead atoms. The maximum absolute atomic E-state index is 11.7. The van der Waals surface area contributed by atoms with E-state index >= 15 is 0 Å². The van der Waals surface area contributed by atoms with Gasteiger partial charge in [-0.2, -0.15) is 4.98 Å². The summed E-state index contributed by atoms with van der Waals surface area (Å²) in [4.78, 5) is 3.71.